The number of esters is 1. The van der Waals surface area contributed by atoms with Crippen molar-refractivity contribution in [2.45, 2.75) is 27.0 Å². The summed E-state index contributed by atoms with van der Waals surface area (Å²) < 4.78 is 12.5. The molecule has 8 nitrogen and oxygen atoms in total. The molecule has 0 bridgehead atoms. The van der Waals surface area contributed by atoms with E-state index in [1.807, 2.05) is 31.2 Å². The quantitative estimate of drug-likeness (QED) is 0.327. The van der Waals surface area contributed by atoms with Crippen LogP contribution in [0, 0.1) is 24.0 Å². The predicted molar refractivity (Wildman–Crippen MR) is 106 cm³/mol. The Morgan fingerprint density at radius 1 is 1.14 bits per heavy atom. The van der Waals surface area contributed by atoms with Crippen molar-refractivity contribution in [1.82, 2.24) is 9.55 Å². The Kier molecular flexibility index (Phi) is 6.23. The molecule has 0 amide bonds. The van der Waals surface area contributed by atoms with Crippen LogP contribution in [0.2, 0.25) is 0 Å². The maximum atomic E-state index is 12.5. The minimum Gasteiger partial charge on any atom is -0.488 e. The molecule has 0 aliphatic heterocycles. The summed E-state index contributed by atoms with van der Waals surface area (Å²) in [4.78, 5) is 26.9. The van der Waals surface area contributed by atoms with Crippen LogP contribution in [-0.2, 0) is 17.9 Å². The molecule has 0 aliphatic carbocycles. The number of imidazole rings is 1. The first-order valence-electron chi connectivity index (χ1n) is 9.06. The Bertz CT molecular complexity index is 1010. The largest absolute Gasteiger partial charge is 0.488 e. The number of carbonyl (C=O) groups excluding carboxylic acids is 1. The van der Waals surface area contributed by atoms with Gasteiger partial charge in [0.15, 0.2) is 5.82 Å². The van der Waals surface area contributed by atoms with Crippen molar-refractivity contribution < 1.29 is 19.2 Å². The number of aryl methyl sites for hydroxylation is 2. The molecule has 0 saturated carbocycles. The van der Waals surface area contributed by atoms with Gasteiger partial charge in [-0.3, -0.25) is 0 Å². The van der Waals surface area contributed by atoms with E-state index < -0.39 is 10.9 Å². The summed E-state index contributed by atoms with van der Waals surface area (Å²) in [5.74, 6) is 0.211. The highest BCUT2D eigenvalue weighted by Crippen LogP contribution is 2.21. The lowest BCUT2D eigenvalue weighted by molar-refractivity contribution is -0.392. The monoisotopic (exact) mass is 395 g/mol. The number of ether oxygens (including phenoxy) is 2. The Morgan fingerprint density at radius 3 is 2.59 bits per heavy atom. The van der Waals surface area contributed by atoms with Crippen LogP contribution in [0.1, 0.15) is 27.3 Å². The summed E-state index contributed by atoms with van der Waals surface area (Å²) in [6, 6.07) is 14.8. The molecule has 0 spiro atoms. The Labute approximate surface area is 167 Å². The van der Waals surface area contributed by atoms with Crippen molar-refractivity contribution in [3.8, 4) is 5.75 Å². The molecule has 0 saturated heterocycles. The van der Waals surface area contributed by atoms with Gasteiger partial charge in [0.25, 0.3) is 0 Å². The van der Waals surface area contributed by atoms with E-state index in [9.17, 15) is 14.9 Å². The van der Waals surface area contributed by atoms with Crippen LogP contribution >= 0.6 is 0 Å². The first-order valence-corrected chi connectivity index (χ1v) is 9.06. The molecule has 29 heavy (non-hydrogen) atoms. The molecule has 1 heterocycles. The zero-order valence-corrected chi connectivity index (χ0v) is 16.2. The summed E-state index contributed by atoms with van der Waals surface area (Å²) >= 11 is 0. The molecular formula is C21H21N3O5. The molecule has 0 aliphatic rings. The van der Waals surface area contributed by atoms with Crippen molar-refractivity contribution in [3.63, 3.8) is 0 Å². The van der Waals surface area contributed by atoms with Gasteiger partial charge in [-0.15, -0.1) is 0 Å². The maximum absolute atomic E-state index is 12.5. The molecular weight excluding hydrogens is 374 g/mol. The van der Waals surface area contributed by atoms with Crippen LogP contribution in [0.3, 0.4) is 0 Å². The van der Waals surface area contributed by atoms with Gasteiger partial charge in [-0.25, -0.2) is 14.3 Å². The number of nitro groups is 1. The van der Waals surface area contributed by atoms with Crippen molar-refractivity contribution >= 4 is 11.8 Å². The van der Waals surface area contributed by atoms with E-state index in [0.29, 0.717) is 23.7 Å². The van der Waals surface area contributed by atoms with E-state index in [-0.39, 0.29) is 19.0 Å². The van der Waals surface area contributed by atoms with Gasteiger partial charge in [0.2, 0.25) is 0 Å². The normalized spacial score (nSPS) is 10.6. The van der Waals surface area contributed by atoms with E-state index in [0.717, 1.165) is 11.1 Å². The number of hydrogen-bond donors (Lipinski definition) is 0. The fourth-order valence-corrected chi connectivity index (χ4v) is 2.79. The first kappa shape index (κ1) is 20.1. The van der Waals surface area contributed by atoms with E-state index in [1.54, 1.807) is 31.2 Å². The zero-order chi connectivity index (χ0) is 20.8. The molecule has 1 aromatic heterocycles. The average Bonchev–Trinajstić information content (AvgIpc) is 3.08. The maximum Gasteiger partial charge on any atom is 0.342 e. The molecule has 3 aromatic rings. The number of benzene rings is 2. The van der Waals surface area contributed by atoms with Crippen LogP contribution in [0.4, 0.5) is 5.82 Å². The number of para-hydroxylation sites is 1. The smallest absolute Gasteiger partial charge is 0.342 e. The molecule has 2 aromatic carbocycles. The summed E-state index contributed by atoms with van der Waals surface area (Å²) in [5, 5.41) is 11.0. The molecule has 8 heteroatoms. The number of hydrogen-bond acceptors (Lipinski definition) is 6. The second kappa shape index (κ2) is 9.01. The average molecular weight is 395 g/mol. The lowest BCUT2D eigenvalue weighted by Crippen LogP contribution is -2.14. The minimum absolute atomic E-state index is 0.0246. The second-order valence-corrected chi connectivity index (χ2v) is 6.48. The fourth-order valence-electron chi connectivity index (χ4n) is 2.79. The van der Waals surface area contributed by atoms with Crippen molar-refractivity contribution in [2.24, 2.45) is 0 Å². The zero-order valence-electron chi connectivity index (χ0n) is 16.2. The molecule has 150 valence electrons. The molecule has 0 fully saturated rings. The van der Waals surface area contributed by atoms with E-state index in [2.05, 4.69) is 4.98 Å². The third kappa shape index (κ3) is 4.98. The van der Waals surface area contributed by atoms with Crippen molar-refractivity contribution in [3.05, 3.63) is 87.4 Å². The standard InChI is InChI=1S/C21H21N3O5/c1-15-7-9-17(10-8-15)14-29-19-6-4-3-5-18(19)21(25)28-12-11-23-16(2)22-13-20(23)24(26)27/h3-10,13H,11-12,14H2,1-2H3. The Morgan fingerprint density at radius 2 is 1.86 bits per heavy atom. The van der Waals surface area contributed by atoms with Gasteiger partial charge in [-0.05, 0) is 29.5 Å². The molecule has 0 radical (unpaired) electrons. The van der Waals surface area contributed by atoms with Crippen molar-refractivity contribution in [2.75, 3.05) is 6.61 Å². The van der Waals surface area contributed by atoms with Crippen LogP contribution in [0.15, 0.2) is 54.7 Å². The lowest BCUT2D eigenvalue weighted by Gasteiger charge is -2.11. The Balaban J connectivity index is 1.62. The summed E-state index contributed by atoms with van der Waals surface area (Å²) in [5.41, 5.74) is 2.45. The van der Waals surface area contributed by atoms with E-state index in [1.165, 1.54) is 10.8 Å². The van der Waals surface area contributed by atoms with Gasteiger partial charge >= 0.3 is 11.8 Å². The molecule has 0 N–H and O–H groups in total. The van der Waals surface area contributed by atoms with Gasteiger partial charge in [-0.2, -0.15) is 0 Å². The highest BCUT2D eigenvalue weighted by molar-refractivity contribution is 5.92. The van der Waals surface area contributed by atoms with Gasteiger partial charge in [0.05, 0.1) is 0 Å². The number of nitrogens with zero attached hydrogens (tertiary/aromatic N) is 3. The highest BCUT2D eigenvalue weighted by atomic mass is 16.6. The SMILES string of the molecule is Cc1ccc(COc2ccccc2C(=O)OCCn2c([N+](=O)[O-])cnc2C)cc1. The van der Waals surface area contributed by atoms with Gasteiger partial charge in [0.1, 0.15) is 37.3 Å². The second-order valence-electron chi connectivity index (χ2n) is 6.48. The van der Waals surface area contributed by atoms with E-state index in [4.69, 9.17) is 9.47 Å². The fraction of sp³-hybridized carbons (Fsp3) is 0.238. The summed E-state index contributed by atoms with van der Waals surface area (Å²) in [7, 11) is 0. The highest BCUT2D eigenvalue weighted by Gasteiger charge is 2.19. The topological polar surface area (TPSA) is 96.5 Å². The van der Waals surface area contributed by atoms with Crippen LogP contribution in [0.25, 0.3) is 0 Å². The molecule has 0 unspecified atom stereocenters. The third-order valence-corrected chi connectivity index (χ3v) is 4.39. The number of rotatable bonds is 8. The van der Waals surface area contributed by atoms with Crippen LogP contribution < -0.4 is 4.74 Å². The lowest BCUT2D eigenvalue weighted by atomic mass is 10.1. The van der Waals surface area contributed by atoms with Gasteiger partial charge < -0.3 is 19.6 Å². The van der Waals surface area contributed by atoms with Gasteiger partial charge in [-0.1, -0.05) is 42.0 Å². The van der Waals surface area contributed by atoms with Crippen molar-refractivity contribution in [1.29, 1.82) is 0 Å². The number of aromatic nitrogens is 2. The first-order chi connectivity index (χ1) is 14.0. The predicted octanol–water partition coefficient (Wildman–Crippen LogP) is 3.84. The number of carbonyl (C=O) groups is 1. The van der Waals surface area contributed by atoms with Crippen LogP contribution in [-0.4, -0.2) is 27.1 Å². The van der Waals surface area contributed by atoms with Gasteiger partial charge in [0, 0.05) is 6.92 Å². The Hall–Kier alpha value is -3.68. The summed E-state index contributed by atoms with van der Waals surface area (Å²) in [6.07, 6.45) is 1.19. The minimum atomic E-state index is -0.551. The summed E-state index contributed by atoms with van der Waals surface area (Å²) in [6.45, 7) is 4.10. The van der Waals surface area contributed by atoms with E-state index >= 15 is 0 Å². The third-order valence-electron chi connectivity index (χ3n) is 4.39. The molecule has 3 rings (SSSR count). The van der Waals surface area contributed by atoms with Crippen LogP contribution in [0.5, 0.6) is 5.75 Å². The molecule has 0 atom stereocenters.